The number of hydrogen-bond acceptors (Lipinski definition) is 1. The highest BCUT2D eigenvalue weighted by Crippen LogP contribution is 2.24. The van der Waals surface area contributed by atoms with Crippen molar-refractivity contribution in [3.63, 3.8) is 0 Å². The fraction of sp³-hybridized carbons (Fsp3) is 0.750. The Morgan fingerprint density at radius 1 is 0.367 bits per heavy atom. The zero-order valence-corrected chi connectivity index (χ0v) is 18.2. The normalized spacial score (nSPS) is 11.4. The quantitative estimate of drug-likeness (QED) is 0.107. The SMILES string of the molecule is NCCCCCCCCCCCCCCCCCCc1c(F)c(F)c(F)c(F)c1F. The highest BCUT2D eigenvalue weighted by molar-refractivity contribution is 5.24. The van der Waals surface area contributed by atoms with Crippen LogP contribution >= 0.6 is 0 Å². The van der Waals surface area contributed by atoms with E-state index in [0.717, 1.165) is 38.6 Å². The second kappa shape index (κ2) is 16.5. The van der Waals surface area contributed by atoms with Gasteiger partial charge in [-0.3, -0.25) is 0 Å². The second-order valence-corrected chi connectivity index (χ2v) is 8.24. The van der Waals surface area contributed by atoms with Crippen molar-refractivity contribution >= 4 is 0 Å². The average Bonchev–Trinajstić information content (AvgIpc) is 2.75. The predicted octanol–water partition coefficient (Wildman–Crippen LogP) is 8.12. The summed E-state index contributed by atoms with van der Waals surface area (Å²) in [5.41, 5.74) is 4.78. The van der Waals surface area contributed by atoms with Gasteiger partial charge in [0.15, 0.2) is 23.3 Å². The van der Waals surface area contributed by atoms with Gasteiger partial charge in [-0.2, -0.15) is 0 Å². The lowest BCUT2D eigenvalue weighted by atomic mass is 10.0. The van der Waals surface area contributed by atoms with Crippen LogP contribution in [0.15, 0.2) is 0 Å². The van der Waals surface area contributed by atoms with Crippen molar-refractivity contribution in [2.75, 3.05) is 6.54 Å². The molecular formula is C24H38F5N. The van der Waals surface area contributed by atoms with Crippen LogP contribution < -0.4 is 5.73 Å². The van der Waals surface area contributed by atoms with Gasteiger partial charge in [0, 0.05) is 5.56 Å². The number of benzene rings is 1. The first-order chi connectivity index (χ1) is 14.5. The lowest BCUT2D eigenvalue weighted by molar-refractivity contribution is 0.368. The molecule has 1 nitrogen and oxygen atoms in total. The van der Waals surface area contributed by atoms with Crippen LogP contribution in [0.25, 0.3) is 0 Å². The molecule has 0 aliphatic heterocycles. The molecule has 0 aromatic heterocycles. The molecule has 0 saturated heterocycles. The summed E-state index contributed by atoms with van der Waals surface area (Å²) in [4.78, 5) is 0. The van der Waals surface area contributed by atoms with Crippen molar-refractivity contribution < 1.29 is 22.0 Å². The average molecular weight is 436 g/mol. The van der Waals surface area contributed by atoms with E-state index in [1.54, 1.807) is 0 Å². The number of halogens is 5. The maximum atomic E-state index is 13.6. The Morgan fingerprint density at radius 3 is 0.967 bits per heavy atom. The molecule has 1 rings (SSSR count). The van der Waals surface area contributed by atoms with E-state index >= 15 is 0 Å². The Bertz CT molecular complexity index is 562. The molecule has 0 unspecified atom stereocenters. The zero-order valence-electron chi connectivity index (χ0n) is 18.2. The van der Waals surface area contributed by atoms with Gasteiger partial charge in [0.2, 0.25) is 5.82 Å². The molecular weight excluding hydrogens is 397 g/mol. The van der Waals surface area contributed by atoms with Crippen LogP contribution in [0.5, 0.6) is 0 Å². The zero-order chi connectivity index (χ0) is 22.2. The number of nitrogens with two attached hydrogens (primary N) is 1. The lowest BCUT2D eigenvalue weighted by Crippen LogP contribution is -2.07. The van der Waals surface area contributed by atoms with E-state index in [4.69, 9.17) is 5.73 Å². The molecule has 0 heterocycles. The molecule has 0 aliphatic carbocycles. The predicted molar refractivity (Wildman–Crippen MR) is 113 cm³/mol. The Morgan fingerprint density at radius 2 is 0.633 bits per heavy atom. The largest absolute Gasteiger partial charge is 0.330 e. The van der Waals surface area contributed by atoms with Crippen molar-refractivity contribution in [3.05, 3.63) is 34.6 Å². The van der Waals surface area contributed by atoms with Crippen LogP contribution in [-0.4, -0.2) is 6.54 Å². The minimum atomic E-state index is -2.09. The Hall–Kier alpha value is -1.17. The van der Waals surface area contributed by atoms with Crippen LogP contribution in [0.3, 0.4) is 0 Å². The third-order valence-corrected chi connectivity index (χ3v) is 5.68. The monoisotopic (exact) mass is 435 g/mol. The third kappa shape index (κ3) is 10.2. The van der Waals surface area contributed by atoms with Crippen LogP contribution in [0.1, 0.15) is 108 Å². The highest BCUT2D eigenvalue weighted by atomic mass is 19.2. The summed E-state index contributed by atoms with van der Waals surface area (Å²) in [6, 6.07) is 0. The van der Waals surface area contributed by atoms with Gasteiger partial charge in [-0.05, 0) is 25.8 Å². The molecule has 0 aliphatic rings. The minimum Gasteiger partial charge on any atom is -0.330 e. The molecule has 2 N–H and O–H groups in total. The first kappa shape index (κ1) is 26.9. The van der Waals surface area contributed by atoms with E-state index in [1.807, 2.05) is 0 Å². The molecule has 30 heavy (non-hydrogen) atoms. The molecule has 6 heteroatoms. The fourth-order valence-electron chi connectivity index (χ4n) is 3.79. The topological polar surface area (TPSA) is 26.0 Å². The van der Waals surface area contributed by atoms with Crippen molar-refractivity contribution in [2.45, 2.75) is 109 Å². The van der Waals surface area contributed by atoms with E-state index in [9.17, 15) is 22.0 Å². The first-order valence-electron chi connectivity index (χ1n) is 11.7. The Balaban J connectivity index is 1.95. The van der Waals surface area contributed by atoms with Crippen molar-refractivity contribution in [1.82, 2.24) is 0 Å². The van der Waals surface area contributed by atoms with E-state index in [2.05, 4.69) is 0 Å². The van der Waals surface area contributed by atoms with E-state index in [1.165, 1.54) is 64.2 Å². The number of hydrogen-bond donors (Lipinski definition) is 1. The maximum Gasteiger partial charge on any atom is 0.200 e. The van der Waals surface area contributed by atoms with Gasteiger partial charge in [0.05, 0.1) is 0 Å². The van der Waals surface area contributed by atoms with Crippen LogP contribution in [0.4, 0.5) is 22.0 Å². The summed E-state index contributed by atoms with van der Waals surface area (Å²) in [5, 5.41) is 0. The van der Waals surface area contributed by atoms with Gasteiger partial charge < -0.3 is 5.73 Å². The van der Waals surface area contributed by atoms with Gasteiger partial charge in [-0.25, -0.2) is 22.0 Å². The van der Waals surface area contributed by atoms with Crippen LogP contribution in [-0.2, 0) is 6.42 Å². The van der Waals surface area contributed by atoms with Gasteiger partial charge in [0.25, 0.3) is 0 Å². The molecule has 1 aromatic carbocycles. The summed E-state index contributed by atoms with van der Waals surface area (Å²) >= 11 is 0. The molecule has 0 fully saturated rings. The number of rotatable bonds is 18. The van der Waals surface area contributed by atoms with Crippen LogP contribution in [0, 0.1) is 29.1 Å². The molecule has 174 valence electrons. The summed E-state index contributed by atoms with van der Waals surface area (Å²) in [7, 11) is 0. The summed E-state index contributed by atoms with van der Waals surface area (Å²) in [5.74, 6) is -9.19. The van der Waals surface area contributed by atoms with E-state index in [-0.39, 0.29) is 6.42 Å². The molecule has 0 saturated carbocycles. The fourth-order valence-corrected chi connectivity index (χ4v) is 3.79. The summed E-state index contributed by atoms with van der Waals surface area (Å²) in [6.45, 7) is 0.804. The number of unbranched alkanes of at least 4 members (excludes halogenated alkanes) is 15. The van der Waals surface area contributed by atoms with Crippen molar-refractivity contribution in [2.24, 2.45) is 5.73 Å². The maximum absolute atomic E-state index is 13.6. The summed E-state index contributed by atoms with van der Waals surface area (Å²) in [6.07, 6.45) is 18.1. The summed E-state index contributed by atoms with van der Waals surface area (Å²) < 4.78 is 66.5. The third-order valence-electron chi connectivity index (χ3n) is 5.68. The minimum absolute atomic E-state index is 0.126. The molecule has 0 spiro atoms. The van der Waals surface area contributed by atoms with Gasteiger partial charge >= 0.3 is 0 Å². The lowest BCUT2D eigenvalue weighted by Gasteiger charge is -2.08. The highest BCUT2D eigenvalue weighted by Gasteiger charge is 2.24. The van der Waals surface area contributed by atoms with Gasteiger partial charge in [0.1, 0.15) is 0 Å². The van der Waals surface area contributed by atoms with E-state index in [0.29, 0.717) is 6.42 Å². The van der Waals surface area contributed by atoms with Gasteiger partial charge in [-0.15, -0.1) is 0 Å². The standard InChI is InChI=1S/C24H38F5N/c25-20-19(21(26)23(28)24(29)22(20)27)17-15-13-11-9-7-5-3-1-2-4-6-8-10-12-14-16-18-30/h1-18,30H2. The molecule has 0 bridgehead atoms. The van der Waals surface area contributed by atoms with Crippen LogP contribution in [0.2, 0.25) is 0 Å². The van der Waals surface area contributed by atoms with Crippen molar-refractivity contribution in [1.29, 1.82) is 0 Å². The Kier molecular flexibility index (Phi) is 14.8. The Labute approximate surface area is 178 Å². The molecule has 0 amide bonds. The van der Waals surface area contributed by atoms with Crippen molar-refractivity contribution in [3.8, 4) is 0 Å². The molecule has 0 atom stereocenters. The second-order valence-electron chi connectivity index (χ2n) is 8.24. The van der Waals surface area contributed by atoms with E-state index < -0.39 is 34.6 Å². The first-order valence-corrected chi connectivity index (χ1v) is 11.7. The molecule has 1 aromatic rings. The smallest absolute Gasteiger partial charge is 0.200 e. The van der Waals surface area contributed by atoms with Gasteiger partial charge in [-0.1, -0.05) is 89.9 Å². The molecule has 0 radical (unpaired) electrons.